The molecule has 1 aromatic heterocycles. The zero-order chi connectivity index (χ0) is 22.0. The van der Waals surface area contributed by atoms with Gasteiger partial charge >= 0.3 is 6.09 Å². The predicted molar refractivity (Wildman–Crippen MR) is 122 cm³/mol. The highest BCUT2D eigenvalue weighted by Crippen LogP contribution is 2.25. The van der Waals surface area contributed by atoms with Gasteiger partial charge in [0, 0.05) is 19.1 Å². The van der Waals surface area contributed by atoms with E-state index in [1.807, 2.05) is 51.1 Å². The monoisotopic (exact) mass is 422 g/mol. The lowest BCUT2D eigenvalue weighted by atomic mass is 10.2. The molecule has 31 heavy (non-hydrogen) atoms. The molecule has 1 N–H and O–H groups in total. The molecule has 1 unspecified atom stereocenters. The number of fused-ring (bicyclic) bond motifs is 1. The van der Waals surface area contributed by atoms with Crippen LogP contribution in [0.25, 0.3) is 11.0 Å². The lowest BCUT2D eigenvalue weighted by molar-refractivity contribution is 0.0293. The number of carbonyl (C=O) groups excluding carboxylic acids is 1. The Hall–Kier alpha value is -3.22. The second-order valence-electron chi connectivity index (χ2n) is 8.91. The minimum Gasteiger partial charge on any atom is -0.497 e. The van der Waals surface area contributed by atoms with Crippen LogP contribution < -0.4 is 10.1 Å². The Morgan fingerprint density at radius 1 is 1.16 bits per heavy atom. The van der Waals surface area contributed by atoms with Crippen molar-refractivity contribution in [1.82, 2.24) is 14.5 Å². The molecule has 7 nitrogen and oxygen atoms in total. The van der Waals surface area contributed by atoms with Crippen molar-refractivity contribution >= 4 is 23.1 Å². The number of aromatic nitrogens is 2. The summed E-state index contributed by atoms with van der Waals surface area (Å²) in [5, 5.41) is 3.57. The Morgan fingerprint density at radius 3 is 2.61 bits per heavy atom. The highest BCUT2D eigenvalue weighted by Gasteiger charge is 2.30. The molecule has 4 rings (SSSR count). The number of imidazole rings is 1. The summed E-state index contributed by atoms with van der Waals surface area (Å²) < 4.78 is 13.0. The number of amides is 1. The molecule has 0 bridgehead atoms. The molecule has 1 aliphatic heterocycles. The van der Waals surface area contributed by atoms with Crippen molar-refractivity contribution in [3.05, 3.63) is 54.1 Å². The van der Waals surface area contributed by atoms with Gasteiger partial charge in [-0.05, 0) is 57.0 Å². The molecule has 1 amide bonds. The van der Waals surface area contributed by atoms with Crippen molar-refractivity contribution in [3.8, 4) is 5.75 Å². The second-order valence-corrected chi connectivity index (χ2v) is 8.91. The van der Waals surface area contributed by atoms with E-state index in [-0.39, 0.29) is 12.1 Å². The quantitative estimate of drug-likeness (QED) is 0.655. The third-order valence-corrected chi connectivity index (χ3v) is 5.33. The zero-order valence-corrected chi connectivity index (χ0v) is 18.6. The molecule has 3 aromatic rings. The summed E-state index contributed by atoms with van der Waals surface area (Å²) in [6.07, 6.45) is 0.592. The van der Waals surface area contributed by atoms with Crippen LogP contribution in [-0.2, 0) is 11.3 Å². The lowest BCUT2D eigenvalue weighted by Gasteiger charge is -2.24. The van der Waals surface area contributed by atoms with E-state index in [1.54, 1.807) is 12.0 Å². The van der Waals surface area contributed by atoms with Crippen LogP contribution in [0.5, 0.6) is 5.75 Å². The number of hydrogen-bond acceptors (Lipinski definition) is 5. The van der Waals surface area contributed by atoms with E-state index in [9.17, 15) is 4.79 Å². The van der Waals surface area contributed by atoms with Gasteiger partial charge in [-0.1, -0.05) is 24.3 Å². The van der Waals surface area contributed by atoms with Crippen LogP contribution in [0.1, 0.15) is 32.8 Å². The third kappa shape index (κ3) is 4.93. The van der Waals surface area contributed by atoms with Crippen LogP contribution in [0.4, 0.5) is 10.7 Å². The summed E-state index contributed by atoms with van der Waals surface area (Å²) >= 11 is 0. The van der Waals surface area contributed by atoms with Crippen molar-refractivity contribution < 1.29 is 14.3 Å². The molecule has 1 aliphatic rings. The standard InChI is InChI=1S/C24H30N4O3/c1-24(2,3)31-23(29)27-14-13-18(16-27)25-22-26-20-7-5-6-8-21(20)28(22)15-17-9-11-19(30-4)12-10-17/h5-12,18H,13-16H2,1-4H3,(H,25,26). The number of carbonyl (C=O) groups is 1. The topological polar surface area (TPSA) is 68.6 Å². The van der Waals surface area contributed by atoms with E-state index < -0.39 is 5.60 Å². The summed E-state index contributed by atoms with van der Waals surface area (Å²) in [6, 6.07) is 16.3. The fourth-order valence-electron chi connectivity index (χ4n) is 3.81. The number of methoxy groups -OCH3 is 1. The Labute approximate surface area is 183 Å². The van der Waals surface area contributed by atoms with E-state index in [2.05, 4.69) is 28.1 Å². The number of nitrogens with zero attached hydrogens (tertiary/aromatic N) is 3. The van der Waals surface area contributed by atoms with Crippen molar-refractivity contribution in [2.75, 3.05) is 25.5 Å². The molecule has 1 fully saturated rings. The maximum atomic E-state index is 12.4. The SMILES string of the molecule is COc1ccc(Cn2c(NC3CCN(C(=O)OC(C)(C)C)C3)nc3ccccc32)cc1. The largest absolute Gasteiger partial charge is 0.497 e. The van der Waals surface area contributed by atoms with Crippen LogP contribution in [0, 0.1) is 0 Å². The Kier molecular flexibility index (Phi) is 5.76. The van der Waals surface area contributed by atoms with Gasteiger partial charge in [-0.15, -0.1) is 0 Å². The van der Waals surface area contributed by atoms with Gasteiger partial charge in [0.15, 0.2) is 0 Å². The van der Waals surface area contributed by atoms with Gasteiger partial charge in [-0.25, -0.2) is 9.78 Å². The number of para-hydroxylation sites is 2. The predicted octanol–water partition coefficient (Wildman–Crippen LogP) is 4.51. The van der Waals surface area contributed by atoms with E-state index in [4.69, 9.17) is 14.5 Å². The summed E-state index contributed by atoms with van der Waals surface area (Å²) in [5.74, 6) is 1.65. The molecule has 0 radical (unpaired) electrons. The van der Waals surface area contributed by atoms with Gasteiger partial charge in [0.1, 0.15) is 11.4 Å². The number of ether oxygens (including phenoxy) is 2. The molecular formula is C24H30N4O3. The molecule has 164 valence electrons. The number of likely N-dealkylation sites (tertiary alicyclic amines) is 1. The summed E-state index contributed by atoms with van der Waals surface area (Å²) in [7, 11) is 1.67. The fourth-order valence-corrected chi connectivity index (χ4v) is 3.81. The molecule has 1 atom stereocenters. The van der Waals surface area contributed by atoms with Crippen molar-refractivity contribution in [2.24, 2.45) is 0 Å². The Morgan fingerprint density at radius 2 is 1.90 bits per heavy atom. The van der Waals surface area contributed by atoms with Crippen LogP contribution in [0.2, 0.25) is 0 Å². The summed E-state index contributed by atoms with van der Waals surface area (Å²) in [5.41, 5.74) is 2.69. The molecule has 1 saturated heterocycles. The molecule has 0 spiro atoms. The molecule has 2 aromatic carbocycles. The van der Waals surface area contributed by atoms with Gasteiger partial charge < -0.3 is 24.3 Å². The van der Waals surface area contributed by atoms with Gasteiger partial charge in [0.05, 0.1) is 24.7 Å². The minimum absolute atomic E-state index is 0.124. The Bertz CT molecular complexity index is 1050. The molecule has 0 saturated carbocycles. The average Bonchev–Trinajstić information content (AvgIpc) is 3.33. The Balaban J connectivity index is 1.52. The highest BCUT2D eigenvalue weighted by molar-refractivity contribution is 5.79. The van der Waals surface area contributed by atoms with Crippen molar-refractivity contribution in [2.45, 2.75) is 45.4 Å². The third-order valence-electron chi connectivity index (χ3n) is 5.33. The van der Waals surface area contributed by atoms with Crippen molar-refractivity contribution in [1.29, 1.82) is 0 Å². The van der Waals surface area contributed by atoms with E-state index in [1.165, 1.54) is 0 Å². The van der Waals surface area contributed by atoms with Gasteiger partial charge in [-0.3, -0.25) is 0 Å². The van der Waals surface area contributed by atoms with Gasteiger partial charge in [0.25, 0.3) is 0 Å². The molecular weight excluding hydrogens is 392 g/mol. The van der Waals surface area contributed by atoms with E-state index in [0.717, 1.165) is 34.7 Å². The number of nitrogens with one attached hydrogen (secondary N) is 1. The number of hydrogen-bond donors (Lipinski definition) is 1. The van der Waals surface area contributed by atoms with Gasteiger partial charge in [0.2, 0.25) is 5.95 Å². The first-order chi connectivity index (χ1) is 14.8. The molecule has 7 heteroatoms. The normalized spacial score (nSPS) is 16.5. The molecule has 0 aliphatic carbocycles. The van der Waals surface area contributed by atoms with Crippen molar-refractivity contribution in [3.63, 3.8) is 0 Å². The van der Waals surface area contributed by atoms with Gasteiger partial charge in [-0.2, -0.15) is 0 Å². The van der Waals surface area contributed by atoms with E-state index in [0.29, 0.717) is 19.6 Å². The van der Waals surface area contributed by atoms with Crippen LogP contribution in [0.15, 0.2) is 48.5 Å². The maximum absolute atomic E-state index is 12.4. The molecule has 2 heterocycles. The van der Waals surface area contributed by atoms with Crippen LogP contribution in [-0.4, -0.2) is 52.4 Å². The first-order valence-electron chi connectivity index (χ1n) is 10.6. The summed E-state index contributed by atoms with van der Waals surface area (Å²) in [4.78, 5) is 19.0. The number of anilines is 1. The highest BCUT2D eigenvalue weighted by atomic mass is 16.6. The number of rotatable bonds is 5. The van der Waals surface area contributed by atoms with Crippen LogP contribution >= 0.6 is 0 Å². The lowest BCUT2D eigenvalue weighted by Crippen LogP contribution is -2.36. The van der Waals surface area contributed by atoms with Crippen LogP contribution in [0.3, 0.4) is 0 Å². The minimum atomic E-state index is -0.491. The smallest absolute Gasteiger partial charge is 0.410 e. The second kappa shape index (κ2) is 8.49. The first-order valence-corrected chi connectivity index (χ1v) is 10.6. The average molecular weight is 423 g/mol. The number of benzene rings is 2. The summed E-state index contributed by atoms with van der Waals surface area (Å²) in [6.45, 7) is 7.62. The first kappa shape index (κ1) is 21.0. The fraction of sp³-hybridized carbons (Fsp3) is 0.417. The maximum Gasteiger partial charge on any atom is 0.410 e. The zero-order valence-electron chi connectivity index (χ0n) is 18.6. The van der Waals surface area contributed by atoms with E-state index >= 15 is 0 Å².